The summed E-state index contributed by atoms with van der Waals surface area (Å²) >= 11 is 0. The van der Waals surface area contributed by atoms with Crippen molar-refractivity contribution in [1.29, 1.82) is 0 Å². The zero-order chi connectivity index (χ0) is 26.6. The Morgan fingerprint density at radius 1 is 0.829 bits per heavy atom. The van der Waals surface area contributed by atoms with Gasteiger partial charge >= 0.3 is 5.97 Å². The fraction of sp³-hybridized carbons (Fsp3) is 0.962. The number of rotatable bonds is 24. The summed E-state index contributed by atoms with van der Waals surface area (Å²) in [5.41, 5.74) is 0. The Hall–Kier alpha value is -0.500. The van der Waals surface area contributed by atoms with Gasteiger partial charge in [-0.25, -0.2) is 0 Å². The second-order valence-electron chi connectivity index (χ2n) is 10.7. The van der Waals surface area contributed by atoms with Crippen LogP contribution >= 0.6 is 7.82 Å². The molecule has 0 aliphatic rings. The number of likely N-dealkylation sites (N-methyl/N-ethyl adjacent to an activating group) is 1. The van der Waals surface area contributed by atoms with Crippen molar-refractivity contribution in [1.82, 2.24) is 0 Å². The monoisotopic (exact) mass is 523 g/mol. The van der Waals surface area contributed by atoms with E-state index in [1.165, 1.54) is 57.8 Å². The van der Waals surface area contributed by atoms with E-state index in [9.17, 15) is 14.3 Å². The minimum atomic E-state index is -4.81. The molecule has 0 amide bonds. The lowest BCUT2D eigenvalue weighted by molar-refractivity contribution is -0.873. The molecule has 35 heavy (non-hydrogen) atoms. The van der Waals surface area contributed by atoms with E-state index in [0.29, 0.717) is 17.4 Å². The first-order valence-corrected chi connectivity index (χ1v) is 15.2. The van der Waals surface area contributed by atoms with Crippen LogP contribution in [0.2, 0.25) is 0 Å². The number of carbonyl (C=O) groups excluding carboxylic acids is 1. The molecule has 0 aliphatic heterocycles. The minimum absolute atomic E-state index is 0.0490. The van der Waals surface area contributed by atoms with E-state index in [1.54, 1.807) is 0 Å². The first kappa shape index (κ1) is 34.5. The van der Waals surface area contributed by atoms with Crippen LogP contribution in [-0.2, 0) is 23.4 Å². The molecule has 0 radical (unpaired) electrons. The van der Waals surface area contributed by atoms with Gasteiger partial charge in [-0.05, 0) is 12.8 Å². The minimum Gasteiger partial charge on any atom is -0.756 e. The van der Waals surface area contributed by atoms with Crippen molar-refractivity contribution in [3.8, 4) is 0 Å². The molecule has 0 saturated heterocycles. The molecule has 0 heterocycles. The second kappa shape index (κ2) is 20.5. The van der Waals surface area contributed by atoms with E-state index >= 15 is 0 Å². The molecule has 8 nitrogen and oxygen atoms in total. The van der Waals surface area contributed by atoms with E-state index in [4.69, 9.17) is 18.9 Å². The van der Waals surface area contributed by atoms with Gasteiger partial charge in [-0.3, -0.25) is 9.36 Å². The third-order valence-electron chi connectivity index (χ3n) is 5.97. The highest BCUT2D eigenvalue weighted by Crippen LogP contribution is 2.33. The largest absolute Gasteiger partial charge is 0.756 e. The summed E-state index contributed by atoms with van der Waals surface area (Å²) < 4.78 is 27.3. The summed E-state index contributed by atoms with van der Waals surface area (Å²) in [6.07, 6.45) is 15.1. The predicted molar refractivity (Wildman–Crippen MR) is 139 cm³/mol. The van der Waals surface area contributed by atoms with Crippen LogP contribution in [0.5, 0.6) is 0 Å². The number of nitrogens with zero attached hydrogens (tertiary/aromatic N) is 1. The summed E-state index contributed by atoms with van der Waals surface area (Å²) in [6, 6.07) is 0. The third kappa shape index (κ3) is 23.6. The summed E-state index contributed by atoms with van der Waals surface area (Å²) in [6.45, 7) is 5.41. The summed E-state index contributed by atoms with van der Waals surface area (Å²) in [5.74, 6) is -0.197. The number of hydrogen-bond acceptors (Lipinski definition) is 6. The molecule has 0 aromatic rings. The van der Waals surface area contributed by atoms with E-state index in [2.05, 4.69) is 13.8 Å². The molecule has 3 unspecified atom stereocenters. The number of quaternary nitrogens is 1. The molecular weight excluding hydrogens is 469 g/mol. The highest BCUT2D eigenvalue weighted by Gasteiger charge is 2.23. The number of unbranched alkanes of at least 4 members (excludes halogenated alkanes) is 9. The van der Waals surface area contributed by atoms with Crippen LogP contribution in [-0.4, -0.2) is 69.0 Å². The Morgan fingerprint density at radius 3 is 1.91 bits per heavy atom. The molecular formula is C26H54NO7P. The van der Waals surface area contributed by atoms with Gasteiger partial charge in [0.2, 0.25) is 0 Å². The number of phosphoric acid groups is 1. The number of hydrogen-bond donors (Lipinski definition) is 1. The van der Waals surface area contributed by atoms with Crippen LogP contribution in [0.15, 0.2) is 0 Å². The molecule has 3 atom stereocenters. The molecule has 1 N–H and O–H groups in total. The maximum Gasteiger partial charge on any atom is 0.309 e. The van der Waals surface area contributed by atoms with Crippen molar-refractivity contribution in [3.63, 3.8) is 0 Å². The molecule has 0 spiro atoms. The van der Waals surface area contributed by atoms with Crippen molar-refractivity contribution in [2.75, 3.05) is 47.5 Å². The third-order valence-corrected chi connectivity index (χ3v) is 6.53. The lowest BCUT2D eigenvalue weighted by Gasteiger charge is -2.31. The maximum absolute atomic E-state index is 12.5. The SMILES string of the molecule is CCCCCCCCCCCCC(CCC)C(=O)OCCOCCC(C[N+](C)(C)C)OP(=O)([O-])O. The zero-order valence-electron chi connectivity index (χ0n) is 23.2. The normalized spacial score (nSPS) is 15.5. The standard InChI is InChI=1S/C26H54NO7P/c1-6-8-9-10-11-12-13-14-15-16-18-24(17-7-2)26(28)33-22-21-32-20-19-25(23-27(3,4)5)34-35(29,30)31/h24-25H,6-23H2,1-5H3,(H-,29,30,31). The van der Waals surface area contributed by atoms with Crippen molar-refractivity contribution in [2.45, 2.75) is 110 Å². The van der Waals surface area contributed by atoms with Crippen molar-refractivity contribution >= 4 is 13.8 Å². The fourth-order valence-corrected chi connectivity index (χ4v) is 4.77. The van der Waals surface area contributed by atoms with Gasteiger partial charge in [0.15, 0.2) is 0 Å². The lowest BCUT2D eigenvalue weighted by Crippen LogP contribution is -2.42. The van der Waals surface area contributed by atoms with Gasteiger partial charge in [0.1, 0.15) is 19.3 Å². The topological polar surface area (TPSA) is 105 Å². The van der Waals surface area contributed by atoms with E-state index in [0.717, 1.165) is 25.7 Å². The Morgan fingerprint density at radius 2 is 1.40 bits per heavy atom. The van der Waals surface area contributed by atoms with Gasteiger partial charge in [-0.2, -0.15) is 0 Å². The Labute approximate surface area is 214 Å². The Bertz CT molecular complexity index is 562. The Kier molecular flexibility index (Phi) is 20.3. The van der Waals surface area contributed by atoms with Gasteiger partial charge in [0, 0.05) is 13.0 Å². The molecule has 9 heteroatoms. The number of esters is 1. The van der Waals surface area contributed by atoms with Crippen LogP contribution in [0, 0.1) is 5.92 Å². The summed E-state index contributed by atoms with van der Waals surface area (Å²) in [7, 11) is 0.918. The van der Waals surface area contributed by atoms with Crippen molar-refractivity contribution in [2.24, 2.45) is 5.92 Å². The van der Waals surface area contributed by atoms with Gasteiger partial charge in [0.25, 0.3) is 7.82 Å². The second-order valence-corrected chi connectivity index (χ2v) is 11.8. The van der Waals surface area contributed by atoms with Gasteiger partial charge in [-0.1, -0.05) is 84.5 Å². The molecule has 0 aliphatic carbocycles. The predicted octanol–water partition coefficient (Wildman–Crippen LogP) is 5.22. The van der Waals surface area contributed by atoms with E-state index in [-0.39, 0.29) is 31.7 Å². The molecule has 0 saturated carbocycles. The van der Waals surface area contributed by atoms with E-state index in [1.807, 2.05) is 21.1 Å². The molecule has 0 rings (SSSR count). The molecule has 210 valence electrons. The van der Waals surface area contributed by atoms with Gasteiger partial charge in [0.05, 0.1) is 33.7 Å². The van der Waals surface area contributed by atoms with Crippen LogP contribution in [0.3, 0.4) is 0 Å². The molecule has 0 fully saturated rings. The summed E-state index contributed by atoms with van der Waals surface area (Å²) in [4.78, 5) is 32.6. The average Bonchev–Trinajstić information content (AvgIpc) is 2.74. The number of carbonyl (C=O) groups is 1. The van der Waals surface area contributed by atoms with Gasteiger partial charge < -0.3 is 28.3 Å². The quantitative estimate of drug-likeness (QED) is 0.0801. The Balaban J connectivity index is 4.04. The van der Waals surface area contributed by atoms with Crippen LogP contribution in [0.25, 0.3) is 0 Å². The van der Waals surface area contributed by atoms with E-state index < -0.39 is 13.9 Å². The van der Waals surface area contributed by atoms with Crippen LogP contribution in [0.1, 0.15) is 104 Å². The average molecular weight is 524 g/mol. The smallest absolute Gasteiger partial charge is 0.309 e. The van der Waals surface area contributed by atoms with Crippen molar-refractivity contribution < 1.29 is 37.6 Å². The van der Waals surface area contributed by atoms with Crippen LogP contribution in [0.4, 0.5) is 0 Å². The number of ether oxygens (including phenoxy) is 2. The number of phosphoric ester groups is 1. The highest BCUT2D eigenvalue weighted by molar-refractivity contribution is 7.44. The van der Waals surface area contributed by atoms with Gasteiger partial charge in [-0.15, -0.1) is 0 Å². The van der Waals surface area contributed by atoms with Crippen LogP contribution < -0.4 is 4.89 Å². The first-order valence-electron chi connectivity index (χ1n) is 13.8. The lowest BCUT2D eigenvalue weighted by atomic mass is 9.96. The zero-order valence-corrected chi connectivity index (χ0v) is 24.1. The highest BCUT2D eigenvalue weighted by atomic mass is 31.2. The fourth-order valence-electron chi connectivity index (χ4n) is 4.22. The molecule has 0 bridgehead atoms. The first-order chi connectivity index (χ1) is 16.5. The van der Waals surface area contributed by atoms with Crippen molar-refractivity contribution in [3.05, 3.63) is 0 Å². The molecule has 0 aromatic heterocycles. The molecule has 0 aromatic carbocycles. The maximum atomic E-state index is 12.5. The summed E-state index contributed by atoms with van der Waals surface area (Å²) in [5, 5.41) is 0.